The SMILES string of the molecule is CC1=CCc2c(cc3oc(C)cc(=O)c3c2O)OC1.CN(C)CCC=C1c2ccccc2C=Cc2ccccc21.Cl. The summed E-state index contributed by atoms with van der Waals surface area (Å²) in [6, 6.07) is 20.4. The van der Waals surface area contributed by atoms with Crippen LogP contribution in [0.15, 0.2) is 87.6 Å². The van der Waals surface area contributed by atoms with E-state index in [1.807, 2.05) is 13.0 Å². The van der Waals surface area contributed by atoms with Crippen LogP contribution in [0.2, 0.25) is 0 Å². The molecule has 2 aliphatic rings. The average molecular weight is 570 g/mol. The quantitative estimate of drug-likeness (QED) is 0.226. The molecule has 212 valence electrons. The molecule has 4 aromatic rings. The number of hydrogen-bond acceptors (Lipinski definition) is 5. The number of fused-ring (bicyclic) bond motifs is 4. The van der Waals surface area contributed by atoms with Crippen molar-refractivity contribution < 1.29 is 14.3 Å². The normalized spacial score (nSPS) is 13.3. The lowest BCUT2D eigenvalue weighted by molar-refractivity contribution is 0.349. The van der Waals surface area contributed by atoms with Crippen LogP contribution in [0.3, 0.4) is 0 Å². The Kier molecular flexibility index (Phi) is 9.53. The highest BCUT2D eigenvalue weighted by Gasteiger charge is 2.19. The van der Waals surface area contributed by atoms with Crippen molar-refractivity contribution in [2.24, 2.45) is 0 Å². The zero-order valence-corrected chi connectivity index (χ0v) is 24.8. The number of allylic oxidation sites excluding steroid dienone is 1. The Morgan fingerprint density at radius 2 is 1.59 bits per heavy atom. The van der Waals surface area contributed by atoms with Crippen molar-refractivity contribution in [2.75, 3.05) is 27.2 Å². The van der Waals surface area contributed by atoms with Gasteiger partial charge >= 0.3 is 0 Å². The van der Waals surface area contributed by atoms with E-state index in [0.29, 0.717) is 35.7 Å². The summed E-state index contributed by atoms with van der Waals surface area (Å²) in [5, 5.41) is 10.5. The fourth-order valence-corrected chi connectivity index (χ4v) is 5.08. The Hall–Kier alpha value is -4.06. The van der Waals surface area contributed by atoms with Gasteiger partial charge < -0.3 is 19.2 Å². The molecule has 0 amide bonds. The van der Waals surface area contributed by atoms with Crippen LogP contribution in [-0.4, -0.2) is 37.3 Å². The maximum Gasteiger partial charge on any atom is 0.196 e. The van der Waals surface area contributed by atoms with Gasteiger partial charge in [-0.1, -0.05) is 72.8 Å². The van der Waals surface area contributed by atoms with Gasteiger partial charge in [0.2, 0.25) is 0 Å². The molecule has 2 heterocycles. The van der Waals surface area contributed by atoms with Crippen LogP contribution < -0.4 is 10.2 Å². The predicted molar refractivity (Wildman–Crippen MR) is 171 cm³/mol. The van der Waals surface area contributed by atoms with Gasteiger partial charge in [0, 0.05) is 24.2 Å². The molecule has 0 bridgehead atoms. The first-order valence-electron chi connectivity index (χ1n) is 13.6. The molecule has 0 saturated carbocycles. The first kappa shape index (κ1) is 29.9. The number of aromatic hydroxyl groups is 1. The number of rotatable bonds is 3. The van der Waals surface area contributed by atoms with E-state index in [-0.39, 0.29) is 29.0 Å². The summed E-state index contributed by atoms with van der Waals surface area (Å²) in [4.78, 5) is 14.2. The standard InChI is InChI=1S/C20H21N.C15H14O4.ClH/c1-21(2)15-7-12-20-18-10-5-3-8-16(18)13-14-17-9-4-6-11-19(17)20;1-8-3-4-10-12(18-7-8)6-13-14(15(10)17)11(16)5-9(2)19-13;/h3-6,8-14H,7,15H2,1-2H3;3,5-6,17H,4,7H2,1-2H3;1H. The van der Waals surface area contributed by atoms with Gasteiger partial charge in [-0.2, -0.15) is 0 Å². The fraction of sp³-hybridized carbons (Fsp3) is 0.229. The first-order chi connectivity index (χ1) is 19.3. The zero-order chi connectivity index (χ0) is 28.2. The van der Waals surface area contributed by atoms with Crippen molar-refractivity contribution in [3.63, 3.8) is 0 Å². The van der Waals surface area contributed by atoms with E-state index in [2.05, 4.69) is 85.8 Å². The maximum atomic E-state index is 12.0. The molecule has 5 nitrogen and oxygen atoms in total. The van der Waals surface area contributed by atoms with Crippen molar-refractivity contribution in [1.82, 2.24) is 4.90 Å². The monoisotopic (exact) mass is 569 g/mol. The molecule has 3 aromatic carbocycles. The van der Waals surface area contributed by atoms with E-state index in [4.69, 9.17) is 9.15 Å². The minimum Gasteiger partial charge on any atom is -0.507 e. The second-order valence-corrected chi connectivity index (χ2v) is 10.6. The third-order valence-corrected chi connectivity index (χ3v) is 7.16. The van der Waals surface area contributed by atoms with Crippen LogP contribution in [0.5, 0.6) is 11.5 Å². The van der Waals surface area contributed by atoms with E-state index in [1.165, 1.54) is 33.9 Å². The summed E-state index contributed by atoms with van der Waals surface area (Å²) in [6.45, 7) is 5.22. The highest BCUT2D eigenvalue weighted by atomic mass is 35.5. The Labute approximate surface area is 247 Å². The molecule has 1 aromatic heterocycles. The summed E-state index contributed by atoms with van der Waals surface area (Å²) in [6.07, 6.45) is 10.4. The summed E-state index contributed by atoms with van der Waals surface area (Å²) in [5.74, 6) is 1.05. The van der Waals surface area contributed by atoms with Crippen molar-refractivity contribution in [3.05, 3.63) is 122 Å². The minimum absolute atomic E-state index is 0. The molecule has 0 fully saturated rings. The molecule has 0 unspecified atom stereocenters. The van der Waals surface area contributed by atoms with Gasteiger partial charge in [0.1, 0.15) is 34.8 Å². The van der Waals surface area contributed by atoms with E-state index >= 15 is 0 Å². The number of phenols is 1. The van der Waals surface area contributed by atoms with Gasteiger partial charge in [0.05, 0.1) is 0 Å². The Balaban J connectivity index is 0.000000185. The smallest absolute Gasteiger partial charge is 0.196 e. The van der Waals surface area contributed by atoms with Crippen LogP contribution in [0.4, 0.5) is 0 Å². The predicted octanol–water partition coefficient (Wildman–Crippen LogP) is 7.66. The molecule has 6 rings (SSSR count). The van der Waals surface area contributed by atoms with Gasteiger partial charge in [0.25, 0.3) is 0 Å². The van der Waals surface area contributed by atoms with Crippen LogP contribution in [-0.2, 0) is 6.42 Å². The number of phenolic OH excluding ortho intramolecular Hbond substituents is 1. The van der Waals surface area contributed by atoms with E-state index in [9.17, 15) is 9.90 Å². The lowest BCUT2D eigenvalue weighted by Crippen LogP contribution is -2.12. The van der Waals surface area contributed by atoms with Gasteiger partial charge in [-0.05, 0) is 74.2 Å². The van der Waals surface area contributed by atoms with Gasteiger partial charge in [-0.3, -0.25) is 4.79 Å². The molecule has 1 N–H and O–H groups in total. The van der Waals surface area contributed by atoms with E-state index < -0.39 is 0 Å². The molecular weight excluding hydrogens is 534 g/mol. The summed E-state index contributed by atoms with van der Waals surface area (Å²) < 4.78 is 11.1. The third kappa shape index (κ3) is 6.64. The minimum atomic E-state index is -0.232. The molecule has 6 heteroatoms. The first-order valence-corrected chi connectivity index (χ1v) is 13.6. The second kappa shape index (κ2) is 13.1. The lowest BCUT2D eigenvalue weighted by atomic mass is 9.93. The number of ether oxygens (including phenoxy) is 1. The molecule has 0 spiro atoms. The van der Waals surface area contributed by atoms with Crippen LogP contribution in [0.25, 0.3) is 28.7 Å². The summed E-state index contributed by atoms with van der Waals surface area (Å²) in [7, 11) is 4.24. The lowest BCUT2D eigenvalue weighted by Gasteiger charge is -2.13. The third-order valence-electron chi connectivity index (χ3n) is 7.16. The average Bonchev–Trinajstić information content (AvgIpc) is 3.21. The topological polar surface area (TPSA) is 62.9 Å². The molecule has 1 aliphatic heterocycles. The molecule has 41 heavy (non-hydrogen) atoms. The highest BCUT2D eigenvalue weighted by molar-refractivity contribution is 5.93. The van der Waals surface area contributed by atoms with Gasteiger partial charge in [0.15, 0.2) is 5.43 Å². The van der Waals surface area contributed by atoms with Crippen molar-refractivity contribution >= 4 is 41.1 Å². The van der Waals surface area contributed by atoms with Crippen LogP contribution in [0.1, 0.15) is 46.9 Å². The van der Waals surface area contributed by atoms with Crippen molar-refractivity contribution in [3.8, 4) is 11.5 Å². The molecule has 0 radical (unpaired) electrons. The molecule has 0 atom stereocenters. The second-order valence-electron chi connectivity index (χ2n) is 10.6. The molecule has 1 aliphatic carbocycles. The van der Waals surface area contributed by atoms with Gasteiger partial charge in [-0.15, -0.1) is 12.4 Å². The molecular formula is C35H36ClNO4. The number of benzene rings is 3. The largest absolute Gasteiger partial charge is 0.507 e. The van der Waals surface area contributed by atoms with E-state index in [0.717, 1.165) is 18.5 Å². The maximum absolute atomic E-state index is 12.0. The molecule has 0 saturated heterocycles. The van der Waals surface area contributed by atoms with Crippen LogP contribution in [0, 0.1) is 6.92 Å². The number of halogens is 1. The Bertz CT molecular complexity index is 1660. The fourth-order valence-electron chi connectivity index (χ4n) is 5.08. The van der Waals surface area contributed by atoms with Crippen molar-refractivity contribution in [2.45, 2.75) is 26.7 Å². The summed E-state index contributed by atoms with van der Waals surface area (Å²) >= 11 is 0. The Morgan fingerprint density at radius 3 is 2.22 bits per heavy atom. The summed E-state index contributed by atoms with van der Waals surface area (Å²) in [5.41, 5.74) is 8.47. The van der Waals surface area contributed by atoms with Gasteiger partial charge in [-0.25, -0.2) is 0 Å². The van der Waals surface area contributed by atoms with Crippen LogP contribution >= 0.6 is 12.4 Å². The number of aryl methyl sites for hydroxylation is 1. The number of nitrogens with zero attached hydrogens (tertiary/aromatic N) is 1. The number of hydrogen-bond donors (Lipinski definition) is 1. The zero-order valence-electron chi connectivity index (χ0n) is 23.9. The van der Waals surface area contributed by atoms with Crippen molar-refractivity contribution in [1.29, 1.82) is 0 Å². The van der Waals surface area contributed by atoms with E-state index in [1.54, 1.807) is 13.0 Å². The Morgan fingerprint density at radius 1 is 0.951 bits per heavy atom. The highest BCUT2D eigenvalue weighted by Crippen LogP contribution is 2.37.